The Morgan fingerprint density at radius 2 is 2.12 bits per heavy atom. The van der Waals surface area contributed by atoms with Gasteiger partial charge in [0.25, 0.3) is 0 Å². The van der Waals surface area contributed by atoms with Crippen LogP contribution in [0.25, 0.3) is 11.3 Å². The van der Waals surface area contributed by atoms with Crippen molar-refractivity contribution in [2.45, 2.75) is 0 Å². The summed E-state index contributed by atoms with van der Waals surface area (Å²) in [6.45, 7) is 0. The molecule has 0 aliphatic heterocycles. The monoisotopic (exact) mass is 231 g/mol. The highest BCUT2D eigenvalue weighted by Crippen LogP contribution is 2.24. The molecule has 0 aliphatic carbocycles. The van der Waals surface area contributed by atoms with E-state index in [0.29, 0.717) is 23.3 Å². The second kappa shape index (κ2) is 4.52. The summed E-state index contributed by atoms with van der Waals surface area (Å²) in [5.41, 5.74) is 1.14. The van der Waals surface area contributed by atoms with Crippen LogP contribution in [0.15, 0.2) is 40.8 Å². The molecule has 0 fully saturated rings. The van der Waals surface area contributed by atoms with E-state index in [4.69, 9.17) is 9.52 Å². The molecule has 2 N–H and O–H groups in total. The molecule has 0 spiro atoms. The first-order chi connectivity index (χ1) is 8.19. The standard InChI is InChI=1S/C12H9NO4/c14-7-10-4-5-11(17-10)8-2-1-3-9(6-8)13-12(15)16/h1-7,13H,(H,15,16). The smallest absolute Gasteiger partial charge is 0.409 e. The zero-order valence-corrected chi connectivity index (χ0v) is 8.71. The normalized spacial score (nSPS) is 9.88. The molecule has 0 atom stereocenters. The van der Waals surface area contributed by atoms with Gasteiger partial charge in [-0.1, -0.05) is 12.1 Å². The maximum atomic E-state index is 10.5. The largest absolute Gasteiger partial charge is 0.465 e. The average molecular weight is 231 g/mol. The molecule has 0 unspecified atom stereocenters. The minimum Gasteiger partial charge on any atom is -0.465 e. The van der Waals surface area contributed by atoms with E-state index in [0.717, 1.165) is 0 Å². The molecule has 5 heteroatoms. The number of hydrogen-bond donors (Lipinski definition) is 2. The Labute approximate surface area is 96.7 Å². The summed E-state index contributed by atoms with van der Waals surface area (Å²) in [5, 5.41) is 10.8. The summed E-state index contributed by atoms with van der Waals surface area (Å²) in [6, 6.07) is 9.93. The van der Waals surface area contributed by atoms with E-state index in [1.54, 1.807) is 36.4 Å². The molecule has 0 bridgehead atoms. The molecule has 1 heterocycles. The van der Waals surface area contributed by atoms with Crippen molar-refractivity contribution in [2.24, 2.45) is 0 Å². The van der Waals surface area contributed by atoms with Crippen LogP contribution in [0.3, 0.4) is 0 Å². The molecular weight excluding hydrogens is 222 g/mol. The number of carbonyl (C=O) groups is 2. The maximum absolute atomic E-state index is 10.5. The van der Waals surface area contributed by atoms with Crippen molar-refractivity contribution in [1.82, 2.24) is 0 Å². The van der Waals surface area contributed by atoms with Gasteiger partial charge in [-0.25, -0.2) is 4.79 Å². The molecule has 5 nitrogen and oxygen atoms in total. The minimum atomic E-state index is -1.13. The lowest BCUT2D eigenvalue weighted by Crippen LogP contribution is -2.06. The first-order valence-corrected chi connectivity index (χ1v) is 4.84. The summed E-state index contributed by atoms with van der Waals surface area (Å²) >= 11 is 0. The van der Waals surface area contributed by atoms with E-state index < -0.39 is 6.09 Å². The molecule has 86 valence electrons. The van der Waals surface area contributed by atoms with Crippen LogP contribution in [-0.2, 0) is 0 Å². The van der Waals surface area contributed by atoms with Crippen LogP contribution in [0.4, 0.5) is 10.5 Å². The van der Waals surface area contributed by atoms with Crippen molar-refractivity contribution in [3.8, 4) is 11.3 Å². The van der Waals surface area contributed by atoms with Gasteiger partial charge in [-0.2, -0.15) is 0 Å². The Bertz CT molecular complexity index is 559. The van der Waals surface area contributed by atoms with Gasteiger partial charge in [-0.15, -0.1) is 0 Å². The minimum absolute atomic E-state index is 0.233. The number of nitrogens with one attached hydrogen (secondary N) is 1. The molecular formula is C12H9NO4. The number of benzene rings is 1. The van der Waals surface area contributed by atoms with E-state index in [1.165, 1.54) is 0 Å². The van der Waals surface area contributed by atoms with Gasteiger partial charge in [-0.05, 0) is 24.3 Å². The summed E-state index contributed by atoms with van der Waals surface area (Å²) in [6.07, 6.45) is -0.516. The van der Waals surface area contributed by atoms with Gasteiger partial charge in [0.1, 0.15) is 5.76 Å². The van der Waals surface area contributed by atoms with Gasteiger partial charge < -0.3 is 9.52 Å². The molecule has 2 rings (SSSR count). The second-order valence-corrected chi connectivity index (χ2v) is 3.33. The molecule has 1 amide bonds. The Morgan fingerprint density at radius 3 is 2.76 bits per heavy atom. The highest BCUT2D eigenvalue weighted by atomic mass is 16.4. The lowest BCUT2D eigenvalue weighted by Gasteiger charge is -2.02. The van der Waals surface area contributed by atoms with Crippen LogP contribution < -0.4 is 5.32 Å². The predicted molar refractivity (Wildman–Crippen MR) is 61.2 cm³/mol. The second-order valence-electron chi connectivity index (χ2n) is 3.33. The summed E-state index contributed by atoms with van der Waals surface area (Å²) in [4.78, 5) is 21.0. The van der Waals surface area contributed by atoms with Crippen LogP contribution >= 0.6 is 0 Å². The number of hydrogen-bond acceptors (Lipinski definition) is 3. The lowest BCUT2D eigenvalue weighted by atomic mass is 10.1. The highest BCUT2D eigenvalue weighted by molar-refractivity contribution is 5.84. The van der Waals surface area contributed by atoms with E-state index in [9.17, 15) is 9.59 Å². The summed E-state index contributed by atoms with van der Waals surface area (Å²) < 4.78 is 5.24. The third-order valence-corrected chi connectivity index (χ3v) is 2.14. The quantitative estimate of drug-likeness (QED) is 0.796. The van der Waals surface area contributed by atoms with Crippen molar-refractivity contribution in [2.75, 3.05) is 5.32 Å². The Morgan fingerprint density at radius 1 is 1.29 bits per heavy atom. The fraction of sp³-hybridized carbons (Fsp3) is 0. The topological polar surface area (TPSA) is 79.5 Å². The lowest BCUT2D eigenvalue weighted by molar-refractivity contribution is 0.110. The van der Waals surface area contributed by atoms with Crippen molar-refractivity contribution in [1.29, 1.82) is 0 Å². The van der Waals surface area contributed by atoms with Gasteiger partial charge in [0.05, 0.1) is 0 Å². The molecule has 0 saturated carbocycles. The van der Waals surface area contributed by atoms with Gasteiger partial charge in [0, 0.05) is 11.3 Å². The number of aldehydes is 1. The van der Waals surface area contributed by atoms with Crippen LogP contribution in [0, 0.1) is 0 Å². The van der Waals surface area contributed by atoms with Crippen molar-refractivity contribution >= 4 is 18.1 Å². The third kappa shape index (κ3) is 2.52. The third-order valence-electron chi connectivity index (χ3n) is 2.14. The van der Waals surface area contributed by atoms with Crippen LogP contribution in [0.1, 0.15) is 10.6 Å². The fourth-order valence-corrected chi connectivity index (χ4v) is 1.45. The first-order valence-electron chi connectivity index (χ1n) is 4.84. The number of anilines is 1. The summed E-state index contributed by atoms with van der Waals surface area (Å²) in [5.74, 6) is 0.748. The molecule has 0 aliphatic rings. The van der Waals surface area contributed by atoms with Crippen LogP contribution in [-0.4, -0.2) is 17.5 Å². The van der Waals surface area contributed by atoms with Gasteiger partial charge in [-0.3, -0.25) is 10.1 Å². The van der Waals surface area contributed by atoms with Gasteiger partial charge >= 0.3 is 6.09 Å². The van der Waals surface area contributed by atoms with Crippen LogP contribution in [0.5, 0.6) is 0 Å². The van der Waals surface area contributed by atoms with Crippen molar-refractivity contribution < 1.29 is 19.1 Å². The first kappa shape index (κ1) is 10.9. The number of amides is 1. The van der Waals surface area contributed by atoms with Gasteiger partial charge in [0.15, 0.2) is 12.0 Å². The molecule has 2 aromatic rings. The van der Waals surface area contributed by atoms with E-state index in [2.05, 4.69) is 5.32 Å². The fourth-order valence-electron chi connectivity index (χ4n) is 1.45. The molecule has 0 radical (unpaired) electrons. The molecule has 1 aromatic carbocycles. The SMILES string of the molecule is O=Cc1ccc(-c2cccc(NC(=O)O)c2)o1. The predicted octanol–water partition coefficient (Wildman–Crippen LogP) is 2.85. The zero-order valence-electron chi connectivity index (χ0n) is 8.71. The Balaban J connectivity index is 2.32. The Kier molecular flexibility index (Phi) is 2.91. The highest BCUT2D eigenvalue weighted by Gasteiger charge is 2.05. The maximum Gasteiger partial charge on any atom is 0.409 e. The number of carbonyl (C=O) groups excluding carboxylic acids is 1. The zero-order chi connectivity index (χ0) is 12.3. The molecule has 1 aromatic heterocycles. The van der Waals surface area contributed by atoms with E-state index in [1.807, 2.05) is 0 Å². The van der Waals surface area contributed by atoms with E-state index >= 15 is 0 Å². The molecule has 0 saturated heterocycles. The van der Waals surface area contributed by atoms with E-state index in [-0.39, 0.29) is 5.76 Å². The molecule has 17 heavy (non-hydrogen) atoms. The number of furan rings is 1. The number of rotatable bonds is 3. The van der Waals surface area contributed by atoms with Crippen molar-refractivity contribution in [3.63, 3.8) is 0 Å². The number of carboxylic acid groups (broad SMARTS) is 1. The summed E-state index contributed by atoms with van der Waals surface area (Å²) in [7, 11) is 0. The average Bonchev–Trinajstić information content (AvgIpc) is 2.77. The van der Waals surface area contributed by atoms with Crippen molar-refractivity contribution in [3.05, 3.63) is 42.2 Å². The van der Waals surface area contributed by atoms with Gasteiger partial charge in [0.2, 0.25) is 0 Å². The van der Waals surface area contributed by atoms with Crippen LogP contribution in [0.2, 0.25) is 0 Å². The Hall–Kier alpha value is -2.56.